The first-order valence-corrected chi connectivity index (χ1v) is 11.7. The molecule has 1 aromatic heterocycles. The van der Waals surface area contributed by atoms with E-state index in [9.17, 15) is 9.59 Å². The quantitative estimate of drug-likeness (QED) is 0.463. The summed E-state index contributed by atoms with van der Waals surface area (Å²) >= 11 is 6.58. The molecule has 4 rings (SSSR count). The van der Waals surface area contributed by atoms with E-state index < -0.39 is 18.0 Å². The Kier molecular flexibility index (Phi) is 7.33. The van der Waals surface area contributed by atoms with E-state index in [1.54, 1.807) is 19.2 Å². The molecular formula is C26H27ClN3O4+. The molecule has 2 heterocycles. The van der Waals surface area contributed by atoms with Crippen molar-refractivity contribution in [2.45, 2.75) is 39.2 Å². The minimum Gasteiger partial charge on any atom is -0.463 e. The molecule has 3 aromatic rings. The number of esters is 1. The average molecular weight is 481 g/mol. The number of anilines is 1. The van der Waals surface area contributed by atoms with E-state index in [1.807, 2.05) is 55.5 Å². The van der Waals surface area contributed by atoms with Gasteiger partial charge in [-0.2, -0.15) is 0 Å². The summed E-state index contributed by atoms with van der Waals surface area (Å²) in [7, 11) is 0. The lowest BCUT2D eigenvalue weighted by Gasteiger charge is -2.28. The first-order chi connectivity index (χ1) is 16.5. The number of hydrogen-bond donors (Lipinski definition) is 1. The van der Waals surface area contributed by atoms with Crippen LogP contribution >= 0.6 is 11.6 Å². The maximum atomic E-state index is 13.1. The molecule has 1 aliphatic rings. The van der Waals surface area contributed by atoms with Crippen LogP contribution in [0, 0.1) is 0 Å². The fourth-order valence-electron chi connectivity index (χ4n) is 4.14. The van der Waals surface area contributed by atoms with Crippen LogP contribution in [0.1, 0.15) is 49.3 Å². The van der Waals surface area contributed by atoms with Gasteiger partial charge in [0, 0.05) is 10.7 Å². The lowest BCUT2D eigenvalue weighted by Crippen LogP contribution is -2.30. The van der Waals surface area contributed by atoms with Crippen molar-refractivity contribution in [2.75, 3.05) is 11.9 Å². The van der Waals surface area contributed by atoms with Gasteiger partial charge in [-0.15, -0.1) is 5.10 Å². The third-order valence-corrected chi connectivity index (χ3v) is 5.98. The number of aromatic nitrogens is 2. The minimum atomic E-state index is -0.564. The molecule has 0 bridgehead atoms. The Morgan fingerprint density at radius 1 is 1.03 bits per heavy atom. The van der Waals surface area contributed by atoms with E-state index in [1.165, 1.54) is 4.68 Å². The van der Waals surface area contributed by atoms with Crippen LogP contribution in [0.25, 0.3) is 0 Å². The highest BCUT2D eigenvalue weighted by Gasteiger charge is 2.40. The molecule has 1 aliphatic heterocycles. The van der Waals surface area contributed by atoms with Crippen molar-refractivity contribution < 1.29 is 24.2 Å². The summed E-state index contributed by atoms with van der Waals surface area (Å²) in [5.74, 6) is -0.405. The molecular weight excluding hydrogens is 454 g/mol. The Labute approximate surface area is 203 Å². The molecule has 7 nitrogen and oxygen atoms in total. The Bertz CT molecular complexity index is 1220. The number of nitrogens with zero attached hydrogens (tertiary/aromatic N) is 1. The van der Waals surface area contributed by atoms with E-state index in [0.717, 1.165) is 17.5 Å². The average Bonchev–Trinajstić information content (AvgIpc) is 3.27. The van der Waals surface area contributed by atoms with Gasteiger partial charge in [0.15, 0.2) is 12.0 Å². The number of benzene rings is 2. The largest absolute Gasteiger partial charge is 0.470 e. The number of carbonyl (C=O) groups is 2. The molecule has 0 saturated carbocycles. The van der Waals surface area contributed by atoms with Gasteiger partial charge in [-0.1, -0.05) is 73.5 Å². The molecule has 0 aliphatic carbocycles. The number of halogens is 1. The predicted octanol–water partition coefficient (Wildman–Crippen LogP) is 5.32. The zero-order valence-electron chi connectivity index (χ0n) is 19.1. The van der Waals surface area contributed by atoms with Crippen LogP contribution in [0.2, 0.25) is 5.02 Å². The first-order valence-electron chi connectivity index (χ1n) is 11.3. The van der Waals surface area contributed by atoms with Crippen LogP contribution in [0.3, 0.4) is 0 Å². The second-order valence-corrected chi connectivity index (χ2v) is 8.30. The highest BCUT2D eigenvalue weighted by atomic mass is 35.5. The number of ether oxygens (including phenoxy) is 2. The van der Waals surface area contributed by atoms with Gasteiger partial charge in [0.1, 0.15) is 6.61 Å². The van der Waals surface area contributed by atoms with Crippen LogP contribution in [-0.4, -0.2) is 23.4 Å². The summed E-state index contributed by atoms with van der Waals surface area (Å²) in [5.41, 5.74) is 3.53. The Morgan fingerprint density at radius 2 is 1.76 bits per heavy atom. The summed E-state index contributed by atoms with van der Waals surface area (Å²) < 4.78 is 12.3. The van der Waals surface area contributed by atoms with Crippen molar-refractivity contribution in [3.63, 3.8) is 0 Å². The lowest BCUT2D eigenvalue weighted by atomic mass is 9.82. The molecule has 0 saturated heterocycles. The van der Waals surface area contributed by atoms with Crippen molar-refractivity contribution in [2.24, 2.45) is 0 Å². The molecule has 176 valence electrons. The van der Waals surface area contributed by atoms with E-state index in [2.05, 4.69) is 10.4 Å². The first kappa shape index (κ1) is 23.6. The summed E-state index contributed by atoms with van der Waals surface area (Å²) in [4.78, 5) is 26.1. The predicted molar refractivity (Wildman–Crippen MR) is 128 cm³/mol. The molecule has 0 radical (unpaired) electrons. The van der Waals surface area contributed by atoms with E-state index in [0.29, 0.717) is 34.1 Å². The van der Waals surface area contributed by atoms with Crippen molar-refractivity contribution in [1.82, 2.24) is 4.68 Å². The van der Waals surface area contributed by atoms with Crippen LogP contribution in [0.5, 0.6) is 0 Å². The standard InChI is InChI=1S/C26H26ClN3O4/c1-3-10-21-23(25(31)33-4-2)22(18-13-8-9-14-20(18)27)19-15-28-30(24(19)29-21)26(32)34-16-17-11-6-5-7-12-17/h5-9,11-15,22,29H,3-4,10,16H2,1-2H3/p+1. The van der Waals surface area contributed by atoms with Crippen LogP contribution in [0.4, 0.5) is 10.6 Å². The molecule has 1 unspecified atom stereocenters. The molecule has 34 heavy (non-hydrogen) atoms. The van der Waals surface area contributed by atoms with Crippen molar-refractivity contribution in [3.8, 4) is 0 Å². The Hall–Kier alpha value is -3.58. The monoisotopic (exact) mass is 480 g/mol. The third kappa shape index (κ3) is 4.70. The van der Waals surface area contributed by atoms with Crippen molar-refractivity contribution in [1.29, 1.82) is 0 Å². The van der Waals surface area contributed by atoms with Gasteiger partial charge < -0.3 is 14.8 Å². The maximum absolute atomic E-state index is 13.1. The van der Waals surface area contributed by atoms with Gasteiger partial charge in [-0.05, 0) is 35.2 Å². The maximum Gasteiger partial charge on any atom is 0.470 e. The van der Waals surface area contributed by atoms with Gasteiger partial charge in [-0.25, -0.2) is 9.59 Å². The zero-order chi connectivity index (χ0) is 24.1. The number of aromatic amines is 1. The van der Waals surface area contributed by atoms with E-state index >= 15 is 0 Å². The molecule has 0 amide bonds. The SMILES string of the molecule is CCCC1=C(C(=O)OCC)C(c2ccccc2Cl)c2c[nH+]n(C(=O)OCc3ccccc3)c2N1. The molecule has 0 spiro atoms. The molecule has 8 heteroatoms. The van der Waals surface area contributed by atoms with Gasteiger partial charge in [0.25, 0.3) is 0 Å². The Morgan fingerprint density at radius 3 is 2.47 bits per heavy atom. The number of rotatable bonds is 7. The number of nitrogens with one attached hydrogen (secondary N) is 2. The second kappa shape index (κ2) is 10.6. The van der Waals surface area contributed by atoms with Gasteiger partial charge in [0.2, 0.25) is 0 Å². The molecule has 2 aromatic carbocycles. The van der Waals surface area contributed by atoms with Gasteiger partial charge in [0.05, 0.1) is 23.7 Å². The summed E-state index contributed by atoms with van der Waals surface area (Å²) in [5, 5.41) is 6.81. The summed E-state index contributed by atoms with van der Waals surface area (Å²) in [6.07, 6.45) is 2.52. The highest BCUT2D eigenvalue weighted by Crippen LogP contribution is 2.44. The number of carbonyl (C=O) groups excluding carboxylic acids is 2. The van der Waals surface area contributed by atoms with Crippen LogP contribution in [0.15, 0.2) is 72.1 Å². The zero-order valence-corrected chi connectivity index (χ0v) is 19.9. The number of hydrogen-bond acceptors (Lipinski definition) is 5. The minimum absolute atomic E-state index is 0.139. The van der Waals surface area contributed by atoms with Crippen LogP contribution in [-0.2, 0) is 20.9 Å². The molecule has 2 N–H and O–H groups in total. The van der Waals surface area contributed by atoms with E-state index in [4.69, 9.17) is 21.1 Å². The third-order valence-electron chi connectivity index (χ3n) is 5.64. The second-order valence-electron chi connectivity index (χ2n) is 7.90. The normalized spacial score (nSPS) is 14.9. The van der Waals surface area contributed by atoms with Crippen molar-refractivity contribution >= 4 is 29.5 Å². The molecule has 0 fully saturated rings. The fraction of sp³-hybridized carbons (Fsp3) is 0.269. The fourth-order valence-corrected chi connectivity index (χ4v) is 4.39. The number of H-pyrrole nitrogens is 1. The number of allylic oxidation sites excluding steroid dienone is 1. The smallest absolute Gasteiger partial charge is 0.463 e. The summed E-state index contributed by atoms with van der Waals surface area (Å²) in [6.45, 7) is 4.19. The topological polar surface area (TPSA) is 83.7 Å². The van der Waals surface area contributed by atoms with E-state index in [-0.39, 0.29) is 13.2 Å². The Balaban J connectivity index is 1.76. The lowest BCUT2D eigenvalue weighted by molar-refractivity contribution is -0.472. The summed E-state index contributed by atoms with van der Waals surface area (Å²) in [6, 6.07) is 16.9. The van der Waals surface area contributed by atoms with Crippen LogP contribution < -0.4 is 10.4 Å². The van der Waals surface area contributed by atoms with Gasteiger partial charge in [-0.3, -0.25) is 0 Å². The number of fused-ring (bicyclic) bond motifs is 1. The highest BCUT2D eigenvalue weighted by molar-refractivity contribution is 6.31. The van der Waals surface area contributed by atoms with Gasteiger partial charge >= 0.3 is 12.1 Å². The molecule has 1 atom stereocenters. The van der Waals surface area contributed by atoms with Crippen molar-refractivity contribution in [3.05, 3.63) is 93.8 Å².